The lowest BCUT2D eigenvalue weighted by molar-refractivity contribution is -0.128. The van der Waals surface area contributed by atoms with Crippen molar-refractivity contribution in [2.45, 2.75) is 12.5 Å². The molecule has 2 aliphatic heterocycles. The number of imide groups is 1. The van der Waals surface area contributed by atoms with E-state index in [0.717, 1.165) is 45.1 Å². The number of carbonyl (C=O) groups excluding carboxylic acids is 3. The van der Waals surface area contributed by atoms with E-state index in [4.69, 9.17) is 5.10 Å². The quantitative estimate of drug-likeness (QED) is 0.570. The van der Waals surface area contributed by atoms with Crippen LogP contribution in [0.2, 0.25) is 0 Å². The normalized spacial score (nSPS) is 19.0. The van der Waals surface area contributed by atoms with Crippen molar-refractivity contribution < 1.29 is 14.4 Å². The lowest BCUT2D eigenvalue weighted by Gasteiger charge is -2.22. The summed E-state index contributed by atoms with van der Waals surface area (Å²) in [6.45, 7) is 0. The van der Waals surface area contributed by atoms with Crippen LogP contribution in [0.5, 0.6) is 0 Å². The minimum absolute atomic E-state index is 0.0746. The van der Waals surface area contributed by atoms with E-state index in [-0.39, 0.29) is 10.9 Å². The predicted octanol–water partition coefficient (Wildman–Crippen LogP) is 4.45. The smallest absolute Gasteiger partial charge is 0.290 e. The molecule has 1 unspecified atom stereocenters. The summed E-state index contributed by atoms with van der Waals surface area (Å²) in [6.07, 6.45) is 1.73. The molecule has 1 atom stereocenters. The van der Waals surface area contributed by atoms with Gasteiger partial charge in [-0.3, -0.25) is 19.7 Å². The first-order valence-electron chi connectivity index (χ1n) is 10.8. The molecule has 1 saturated heterocycles. The van der Waals surface area contributed by atoms with Crippen LogP contribution in [0.1, 0.15) is 23.6 Å². The summed E-state index contributed by atoms with van der Waals surface area (Å²) in [5.41, 5.74) is 3.76. The molecule has 8 heteroatoms. The number of nitrogens with one attached hydrogen (secondary N) is 1. The fourth-order valence-corrected chi connectivity index (χ4v) is 4.85. The van der Waals surface area contributed by atoms with Crippen molar-refractivity contribution in [1.82, 2.24) is 10.3 Å². The van der Waals surface area contributed by atoms with E-state index in [1.165, 1.54) is 11.1 Å². The van der Waals surface area contributed by atoms with E-state index in [2.05, 4.69) is 5.32 Å². The van der Waals surface area contributed by atoms with Crippen LogP contribution in [0.4, 0.5) is 10.5 Å². The van der Waals surface area contributed by atoms with Crippen LogP contribution >= 0.6 is 11.8 Å². The van der Waals surface area contributed by atoms with Gasteiger partial charge in [0, 0.05) is 37.8 Å². The van der Waals surface area contributed by atoms with Gasteiger partial charge < -0.3 is 4.90 Å². The summed E-state index contributed by atoms with van der Waals surface area (Å²) in [4.78, 5) is 38.9. The van der Waals surface area contributed by atoms with Crippen LogP contribution < -0.4 is 10.2 Å². The van der Waals surface area contributed by atoms with E-state index < -0.39 is 17.1 Å². The Balaban J connectivity index is 1.55. The number of fused-ring (bicyclic) bond motifs is 1. The molecule has 1 fully saturated rings. The Labute approximate surface area is 201 Å². The lowest BCUT2D eigenvalue weighted by Crippen LogP contribution is -2.26. The topological polar surface area (TPSA) is 82.1 Å². The van der Waals surface area contributed by atoms with E-state index in [9.17, 15) is 14.4 Å². The van der Waals surface area contributed by atoms with Crippen molar-refractivity contribution in [1.29, 1.82) is 0 Å². The highest BCUT2D eigenvalue weighted by atomic mass is 32.2. The third kappa shape index (κ3) is 4.08. The number of amides is 3. The third-order valence-electron chi connectivity index (χ3n) is 5.93. The predicted molar refractivity (Wildman–Crippen MR) is 135 cm³/mol. The molecule has 5 rings (SSSR count). The molecule has 0 radical (unpaired) electrons. The number of thioether (sulfide) groups is 1. The van der Waals surface area contributed by atoms with Crippen LogP contribution in [0.25, 0.3) is 10.8 Å². The van der Waals surface area contributed by atoms with Gasteiger partial charge in [-0.1, -0.05) is 54.6 Å². The van der Waals surface area contributed by atoms with Crippen molar-refractivity contribution in [3.63, 3.8) is 0 Å². The molecule has 0 bridgehead atoms. The Bertz CT molecular complexity index is 1370. The Kier molecular flexibility index (Phi) is 5.67. The van der Waals surface area contributed by atoms with Crippen LogP contribution in [0.15, 0.2) is 82.8 Å². The molecule has 0 aliphatic carbocycles. The molecule has 170 valence electrons. The molecular weight excluding hydrogens is 448 g/mol. The third-order valence-corrected chi connectivity index (χ3v) is 6.74. The number of hydrogen-bond acceptors (Lipinski definition) is 6. The Morgan fingerprint density at radius 1 is 1.06 bits per heavy atom. The zero-order valence-corrected chi connectivity index (χ0v) is 19.5. The number of hydrazone groups is 1. The molecule has 0 aromatic heterocycles. The Morgan fingerprint density at radius 2 is 1.79 bits per heavy atom. The number of carbonyl (C=O) groups is 3. The maximum atomic E-state index is 13.3. The zero-order chi connectivity index (χ0) is 23.8. The van der Waals surface area contributed by atoms with Gasteiger partial charge in [0.05, 0.1) is 16.7 Å². The maximum Gasteiger partial charge on any atom is 0.290 e. The standard InChI is InChI=1S/C26H22N4O3S/c1-29(2)18-12-10-17(11-13-18)22-14-21(20-9-5-7-16-6-3-4-8-19(16)20)28-30(22)24(31)15-23-25(32)27-26(33)34-23/h3-13,15,22H,14H2,1-2H3,(H,27,32,33)/b23-15-. The monoisotopic (exact) mass is 470 g/mol. The zero-order valence-electron chi connectivity index (χ0n) is 18.7. The van der Waals surface area contributed by atoms with Crippen molar-refractivity contribution in [3.05, 3.63) is 88.8 Å². The fraction of sp³-hybridized carbons (Fsp3) is 0.154. The Hall–Kier alpha value is -3.91. The van der Waals surface area contributed by atoms with Crippen LogP contribution in [-0.2, 0) is 9.59 Å². The highest BCUT2D eigenvalue weighted by Crippen LogP contribution is 2.36. The molecule has 1 N–H and O–H groups in total. The number of benzene rings is 3. The molecule has 2 aliphatic rings. The van der Waals surface area contributed by atoms with Crippen molar-refractivity contribution in [2.75, 3.05) is 19.0 Å². The van der Waals surface area contributed by atoms with Gasteiger partial charge in [0.1, 0.15) is 0 Å². The average Bonchev–Trinajstić information content (AvgIpc) is 3.41. The van der Waals surface area contributed by atoms with Gasteiger partial charge in [0.25, 0.3) is 17.1 Å². The Morgan fingerprint density at radius 3 is 2.50 bits per heavy atom. The largest absolute Gasteiger partial charge is 0.378 e. The number of rotatable bonds is 4. The van der Waals surface area contributed by atoms with E-state index >= 15 is 0 Å². The number of nitrogens with zero attached hydrogens (tertiary/aromatic N) is 3. The van der Waals surface area contributed by atoms with Crippen LogP contribution in [0.3, 0.4) is 0 Å². The minimum Gasteiger partial charge on any atom is -0.378 e. The summed E-state index contributed by atoms with van der Waals surface area (Å²) in [5.74, 6) is -1.00. The fourth-order valence-electron chi connectivity index (χ4n) is 4.21. The molecule has 3 aromatic rings. The molecule has 3 aromatic carbocycles. The van der Waals surface area contributed by atoms with Gasteiger partial charge in [-0.2, -0.15) is 5.10 Å². The summed E-state index contributed by atoms with van der Waals surface area (Å²) in [6, 6.07) is 21.8. The van der Waals surface area contributed by atoms with Gasteiger partial charge in [0.15, 0.2) is 0 Å². The van der Waals surface area contributed by atoms with E-state index in [0.29, 0.717) is 6.42 Å². The SMILES string of the molecule is CN(C)c1ccc(C2CC(c3cccc4ccccc34)=NN2C(=O)/C=C2\SC(=O)NC2=O)cc1. The summed E-state index contributed by atoms with van der Waals surface area (Å²) >= 11 is 0.722. The van der Waals surface area contributed by atoms with E-state index in [1.54, 1.807) is 0 Å². The summed E-state index contributed by atoms with van der Waals surface area (Å²) < 4.78 is 0. The van der Waals surface area contributed by atoms with Crippen molar-refractivity contribution in [2.24, 2.45) is 5.10 Å². The molecule has 0 spiro atoms. The molecule has 0 saturated carbocycles. The van der Waals surface area contributed by atoms with Crippen molar-refractivity contribution >= 4 is 51.0 Å². The molecule has 7 nitrogen and oxygen atoms in total. The van der Waals surface area contributed by atoms with Crippen LogP contribution in [0, 0.1) is 0 Å². The minimum atomic E-state index is -0.562. The average molecular weight is 471 g/mol. The highest BCUT2D eigenvalue weighted by Gasteiger charge is 2.34. The lowest BCUT2D eigenvalue weighted by atomic mass is 9.95. The second-order valence-electron chi connectivity index (χ2n) is 8.31. The van der Waals surface area contributed by atoms with E-state index in [1.807, 2.05) is 85.7 Å². The second kappa shape index (κ2) is 8.79. The van der Waals surface area contributed by atoms with Crippen molar-refractivity contribution in [3.8, 4) is 0 Å². The summed E-state index contributed by atoms with van der Waals surface area (Å²) in [5, 5.41) is 10.0. The van der Waals surface area contributed by atoms with Gasteiger partial charge in [-0.15, -0.1) is 0 Å². The molecule has 2 heterocycles. The molecule has 34 heavy (non-hydrogen) atoms. The van der Waals surface area contributed by atoms with Gasteiger partial charge >= 0.3 is 0 Å². The number of anilines is 1. The number of hydrogen-bond donors (Lipinski definition) is 1. The first-order valence-corrected chi connectivity index (χ1v) is 11.6. The first kappa shape index (κ1) is 21.9. The van der Waals surface area contributed by atoms with Crippen LogP contribution in [-0.4, -0.2) is 41.9 Å². The van der Waals surface area contributed by atoms with Gasteiger partial charge in [0.2, 0.25) is 0 Å². The summed E-state index contributed by atoms with van der Waals surface area (Å²) in [7, 11) is 3.94. The van der Waals surface area contributed by atoms with Gasteiger partial charge in [-0.25, -0.2) is 5.01 Å². The molecule has 3 amide bonds. The highest BCUT2D eigenvalue weighted by molar-refractivity contribution is 8.18. The molecular formula is C26H22N4O3S. The first-order chi connectivity index (χ1) is 16.4. The van der Waals surface area contributed by atoms with Gasteiger partial charge in [-0.05, 0) is 40.2 Å². The maximum absolute atomic E-state index is 13.3. The second-order valence-corrected chi connectivity index (χ2v) is 9.33.